The molecule has 3 aliphatic heterocycles. The molecule has 3 heterocycles. The summed E-state index contributed by atoms with van der Waals surface area (Å²) in [6.45, 7) is 1.86. The number of carbonyl (C=O) groups is 12. The summed E-state index contributed by atoms with van der Waals surface area (Å²) in [6, 6.07) is 1.51. The molecule has 6 rings (SSSR count). The normalized spacial score (nSPS) is 25.9. The van der Waals surface area contributed by atoms with E-state index < -0.39 is 152 Å². The molecule has 1 aromatic rings. The highest BCUT2D eigenvalue weighted by Gasteiger charge is 2.42. The molecule has 0 spiro atoms. The maximum atomic E-state index is 14.8. The maximum Gasteiger partial charge on any atom is 0.408 e. The molecule has 0 bridgehead atoms. The standard InChI is InChI=1S/C59H90N12O14/c1-59(2,3)85-58(83)65-42-32-61-54(79)50(40-25-15-10-16-26-40)69(7)48(75)36-67(5)45(72)33-62-51(76)43-27-17-19-29-70(43)55(80)41(64-57(82)84-37-38-21-11-8-12-22-38)31-60-53(78)49(39-23-13-9-14-24-39)68(6)47(74)35-66(4)46(73)34-63-52(77)44-28-18-20-30-71(44)56(42)81/h8,11-12,21-22,39-44,49-50H,9-10,13-20,23-37H2,1-7H3,(H,60,78)(H,61,79)(H,62,76)(H,63,77)(H,64,82)(H,65,83)/t41-,42-,43+,44+,49+,50+/m1/s1. The summed E-state index contributed by atoms with van der Waals surface area (Å²) in [5, 5.41) is 16.0. The number of likely N-dealkylation sites (N-methyl/N-ethyl adjacent to an activating group) is 4. The van der Waals surface area contributed by atoms with Gasteiger partial charge in [0.15, 0.2) is 0 Å². The second kappa shape index (κ2) is 31.6. The Hall–Kier alpha value is -7.54. The van der Waals surface area contributed by atoms with Crippen LogP contribution in [-0.4, -0.2) is 223 Å². The molecular weight excluding hydrogens is 1100 g/mol. The van der Waals surface area contributed by atoms with E-state index in [-0.39, 0.29) is 44.4 Å². The molecule has 5 fully saturated rings. The number of amides is 12. The maximum absolute atomic E-state index is 14.8. The molecule has 470 valence electrons. The van der Waals surface area contributed by atoms with E-state index >= 15 is 0 Å². The summed E-state index contributed by atoms with van der Waals surface area (Å²) in [7, 11) is 5.64. The molecule has 6 N–H and O–H groups in total. The van der Waals surface area contributed by atoms with Gasteiger partial charge in [0.25, 0.3) is 0 Å². The summed E-state index contributed by atoms with van der Waals surface area (Å²) in [4.78, 5) is 177. The number of piperidine rings is 2. The number of fused-ring (bicyclic) bond motifs is 2. The minimum absolute atomic E-state index is 0.0840. The summed E-state index contributed by atoms with van der Waals surface area (Å²) in [6.07, 6.45) is 7.83. The summed E-state index contributed by atoms with van der Waals surface area (Å²) < 4.78 is 11.0. The minimum atomic E-state index is -1.48. The molecule has 1 aromatic carbocycles. The highest BCUT2D eigenvalue weighted by molar-refractivity contribution is 5.97. The monoisotopic (exact) mass is 1190 g/mol. The predicted molar refractivity (Wildman–Crippen MR) is 309 cm³/mol. The Balaban J connectivity index is 1.30. The van der Waals surface area contributed by atoms with Gasteiger partial charge in [-0.1, -0.05) is 68.9 Å². The quantitative estimate of drug-likeness (QED) is 0.233. The van der Waals surface area contributed by atoms with Crippen molar-refractivity contribution in [3.8, 4) is 0 Å². The van der Waals surface area contributed by atoms with Crippen LogP contribution in [0.2, 0.25) is 0 Å². The number of nitrogens with one attached hydrogen (secondary N) is 6. The average Bonchev–Trinajstić information content (AvgIpc) is 3.52. The highest BCUT2D eigenvalue weighted by Crippen LogP contribution is 2.31. The fourth-order valence-electron chi connectivity index (χ4n) is 12.0. The van der Waals surface area contributed by atoms with Crippen LogP contribution in [-0.2, 0) is 64.0 Å². The van der Waals surface area contributed by atoms with E-state index in [0.29, 0.717) is 56.9 Å². The average molecular weight is 1190 g/mol. The van der Waals surface area contributed by atoms with Gasteiger partial charge in [-0.15, -0.1) is 0 Å². The van der Waals surface area contributed by atoms with Crippen molar-refractivity contribution in [3.05, 3.63) is 35.9 Å². The minimum Gasteiger partial charge on any atom is -0.445 e. The van der Waals surface area contributed by atoms with Gasteiger partial charge in [0.05, 0.1) is 26.2 Å². The molecule has 6 atom stereocenters. The molecule has 5 aliphatic rings. The zero-order chi connectivity index (χ0) is 62.0. The third-order valence-corrected chi connectivity index (χ3v) is 16.7. The number of carbonyl (C=O) groups excluding carboxylic acids is 12. The molecule has 3 saturated heterocycles. The van der Waals surface area contributed by atoms with Crippen molar-refractivity contribution in [2.24, 2.45) is 11.8 Å². The van der Waals surface area contributed by atoms with Crippen molar-refractivity contribution in [2.45, 2.75) is 172 Å². The van der Waals surface area contributed by atoms with E-state index in [1.54, 1.807) is 51.1 Å². The van der Waals surface area contributed by atoms with E-state index in [1.165, 1.54) is 47.8 Å². The smallest absolute Gasteiger partial charge is 0.408 e. The van der Waals surface area contributed by atoms with Gasteiger partial charge < -0.3 is 70.8 Å². The first kappa shape index (κ1) is 66.6. The molecule has 26 nitrogen and oxygen atoms in total. The van der Waals surface area contributed by atoms with Crippen molar-refractivity contribution in [1.82, 2.24) is 61.3 Å². The molecule has 0 unspecified atom stereocenters. The molecule has 0 aromatic heterocycles. The summed E-state index contributed by atoms with van der Waals surface area (Å²) in [5.74, 6) is -7.22. The second-order valence-corrected chi connectivity index (χ2v) is 24.2. The molecule has 26 heteroatoms. The van der Waals surface area contributed by atoms with Gasteiger partial charge in [-0.3, -0.25) is 47.9 Å². The van der Waals surface area contributed by atoms with Crippen LogP contribution < -0.4 is 31.9 Å². The Morgan fingerprint density at radius 1 is 0.506 bits per heavy atom. The Morgan fingerprint density at radius 3 is 1.32 bits per heavy atom. The van der Waals surface area contributed by atoms with Crippen molar-refractivity contribution in [2.75, 3.05) is 80.5 Å². The van der Waals surface area contributed by atoms with Crippen LogP contribution in [0.25, 0.3) is 0 Å². The second-order valence-electron chi connectivity index (χ2n) is 24.2. The Kier molecular flexibility index (Phi) is 24.7. The van der Waals surface area contributed by atoms with Gasteiger partial charge in [-0.2, -0.15) is 0 Å². The number of hydrogen-bond acceptors (Lipinski definition) is 14. The molecule has 2 aliphatic carbocycles. The van der Waals surface area contributed by atoms with Crippen molar-refractivity contribution in [3.63, 3.8) is 0 Å². The fraction of sp³-hybridized carbons (Fsp3) is 0.695. The Bertz CT molecular complexity index is 2550. The van der Waals surface area contributed by atoms with Gasteiger partial charge >= 0.3 is 12.2 Å². The van der Waals surface area contributed by atoms with Crippen LogP contribution in [0.4, 0.5) is 9.59 Å². The van der Waals surface area contributed by atoms with Crippen LogP contribution in [0, 0.1) is 11.8 Å². The number of nitrogens with zero attached hydrogens (tertiary/aromatic N) is 6. The number of alkyl carbamates (subject to hydrolysis) is 2. The third kappa shape index (κ3) is 19.2. The predicted octanol–water partition coefficient (Wildman–Crippen LogP) is 1.15. The number of hydrogen-bond donors (Lipinski definition) is 6. The first-order chi connectivity index (χ1) is 40.4. The van der Waals surface area contributed by atoms with Crippen LogP contribution >= 0.6 is 0 Å². The first-order valence-corrected chi connectivity index (χ1v) is 30.1. The van der Waals surface area contributed by atoms with Crippen molar-refractivity contribution in [1.29, 1.82) is 0 Å². The molecular formula is C59H90N12O14. The zero-order valence-electron chi connectivity index (χ0n) is 50.6. The van der Waals surface area contributed by atoms with Crippen LogP contribution in [0.5, 0.6) is 0 Å². The highest BCUT2D eigenvalue weighted by atomic mass is 16.6. The number of rotatable bonds is 6. The van der Waals surface area contributed by atoms with Crippen LogP contribution in [0.15, 0.2) is 30.3 Å². The number of benzene rings is 1. The van der Waals surface area contributed by atoms with Crippen LogP contribution in [0.1, 0.15) is 129 Å². The van der Waals surface area contributed by atoms with E-state index in [2.05, 4.69) is 31.9 Å². The van der Waals surface area contributed by atoms with Gasteiger partial charge in [0.2, 0.25) is 59.1 Å². The van der Waals surface area contributed by atoms with E-state index in [0.717, 1.165) is 48.3 Å². The largest absolute Gasteiger partial charge is 0.445 e. The van der Waals surface area contributed by atoms with Gasteiger partial charge in [0.1, 0.15) is 48.5 Å². The summed E-state index contributed by atoms with van der Waals surface area (Å²) in [5.41, 5.74) is -0.316. The lowest BCUT2D eigenvalue weighted by Gasteiger charge is -2.38. The zero-order valence-corrected chi connectivity index (χ0v) is 50.6. The lowest BCUT2D eigenvalue weighted by Crippen LogP contribution is -2.62. The lowest BCUT2D eigenvalue weighted by molar-refractivity contribution is -0.147. The van der Waals surface area contributed by atoms with E-state index in [1.807, 2.05) is 0 Å². The topological polar surface area (TPSA) is 315 Å². The van der Waals surface area contributed by atoms with Gasteiger partial charge in [-0.05, 0) is 102 Å². The Labute approximate surface area is 498 Å². The number of ether oxygens (including phenoxy) is 2. The fourth-order valence-corrected chi connectivity index (χ4v) is 12.0. The van der Waals surface area contributed by atoms with Crippen molar-refractivity contribution < 1.29 is 67.0 Å². The molecule has 85 heavy (non-hydrogen) atoms. The molecule has 0 radical (unpaired) electrons. The SMILES string of the molecule is CN1CC(=O)N(C)[C@@H](C2CCCCC2)C(=O)NC[C@@H](NC(=O)OC(C)(C)C)C(=O)N2CCCC[C@H]2C(=O)NCC(=O)N(C)CC(=O)N(C)[C@@H](C2CCCCC2)C(=O)NC[C@@H](NC(=O)OCc2ccccc2)C(=O)N2CCCC[C@H]2C(=O)NCC1=O. The first-order valence-electron chi connectivity index (χ1n) is 30.1. The summed E-state index contributed by atoms with van der Waals surface area (Å²) >= 11 is 0. The third-order valence-electron chi connectivity index (χ3n) is 16.7. The van der Waals surface area contributed by atoms with E-state index in [4.69, 9.17) is 9.47 Å². The van der Waals surface area contributed by atoms with Crippen LogP contribution in [0.3, 0.4) is 0 Å². The molecule has 12 amide bonds. The molecule has 2 saturated carbocycles. The van der Waals surface area contributed by atoms with Gasteiger partial charge in [0, 0.05) is 54.4 Å². The Morgan fingerprint density at radius 2 is 0.906 bits per heavy atom. The lowest BCUT2D eigenvalue weighted by atomic mass is 9.82. The van der Waals surface area contributed by atoms with E-state index in [9.17, 15) is 57.5 Å². The van der Waals surface area contributed by atoms with Gasteiger partial charge in [-0.25, -0.2) is 9.59 Å². The van der Waals surface area contributed by atoms with Crippen molar-refractivity contribution >= 4 is 71.3 Å².